The summed E-state index contributed by atoms with van der Waals surface area (Å²) in [7, 11) is 0. The second-order valence-corrected chi connectivity index (χ2v) is 5.61. The molecule has 1 fully saturated rings. The first-order chi connectivity index (χ1) is 10.9. The van der Waals surface area contributed by atoms with Crippen LogP contribution in [0.15, 0.2) is 24.3 Å². The third-order valence-corrected chi connectivity index (χ3v) is 3.89. The third kappa shape index (κ3) is 5.51. The molecule has 0 radical (unpaired) electrons. The number of benzene rings is 1. The van der Waals surface area contributed by atoms with E-state index in [9.17, 15) is 18.0 Å². The number of alkyl halides is 3. The van der Waals surface area contributed by atoms with Crippen molar-refractivity contribution in [2.45, 2.75) is 19.6 Å². The Morgan fingerprint density at radius 3 is 2.35 bits per heavy atom. The van der Waals surface area contributed by atoms with Gasteiger partial charge < -0.3 is 4.74 Å². The molecule has 0 spiro atoms. The molecular formula is C16H21F3N2O2. The van der Waals surface area contributed by atoms with Gasteiger partial charge in [0, 0.05) is 46.2 Å². The summed E-state index contributed by atoms with van der Waals surface area (Å²) in [6.45, 7) is 5.60. The largest absolute Gasteiger partial charge is 0.465 e. The standard InChI is InChI=1S/C16H21F3N2O2/c1-13(22)23-11-10-20-6-8-21(9-7-20)12-14-4-2-3-5-15(14)16(17,18)19/h2-5H,6-12H2,1H3. The van der Waals surface area contributed by atoms with Gasteiger partial charge >= 0.3 is 12.1 Å². The Morgan fingerprint density at radius 1 is 1.13 bits per heavy atom. The van der Waals surface area contributed by atoms with Crippen molar-refractivity contribution >= 4 is 5.97 Å². The summed E-state index contributed by atoms with van der Waals surface area (Å²) in [5.41, 5.74) is -0.245. The van der Waals surface area contributed by atoms with Crippen LogP contribution in [0.2, 0.25) is 0 Å². The van der Waals surface area contributed by atoms with Crippen LogP contribution < -0.4 is 0 Å². The van der Waals surface area contributed by atoms with Crippen molar-refractivity contribution in [1.29, 1.82) is 0 Å². The SMILES string of the molecule is CC(=O)OCCN1CCN(Cc2ccccc2C(F)(F)F)CC1. The second-order valence-electron chi connectivity index (χ2n) is 5.61. The molecule has 0 atom stereocenters. The number of carbonyl (C=O) groups is 1. The van der Waals surface area contributed by atoms with Gasteiger partial charge in [0.25, 0.3) is 0 Å². The Kier molecular flexibility index (Phi) is 6.01. The van der Waals surface area contributed by atoms with Crippen LogP contribution in [0, 0.1) is 0 Å². The molecular weight excluding hydrogens is 309 g/mol. The maximum absolute atomic E-state index is 13.0. The predicted octanol–water partition coefficient (Wildman–Crippen LogP) is 2.39. The molecule has 1 aromatic rings. The van der Waals surface area contributed by atoms with Gasteiger partial charge in [-0.3, -0.25) is 14.6 Å². The van der Waals surface area contributed by atoms with Crippen LogP contribution in [-0.2, 0) is 22.3 Å². The molecule has 0 N–H and O–H groups in total. The normalized spacial score (nSPS) is 17.2. The maximum Gasteiger partial charge on any atom is 0.416 e. The zero-order chi connectivity index (χ0) is 16.9. The van der Waals surface area contributed by atoms with Crippen molar-refractivity contribution in [2.75, 3.05) is 39.3 Å². The molecule has 0 unspecified atom stereocenters. The highest BCUT2D eigenvalue weighted by atomic mass is 19.4. The Balaban J connectivity index is 1.84. The molecule has 0 aliphatic carbocycles. The van der Waals surface area contributed by atoms with Gasteiger partial charge in [-0.05, 0) is 11.6 Å². The number of halogens is 3. The highest BCUT2D eigenvalue weighted by Crippen LogP contribution is 2.32. The van der Waals surface area contributed by atoms with E-state index >= 15 is 0 Å². The van der Waals surface area contributed by atoms with E-state index in [2.05, 4.69) is 4.90 Å². The lowest BCUT2D eigenvalue weighted by Gasteiger charge is -2.34. The molecule has 1 aliphatic heterocycles. The number of nitrogens with zero attached hydrogens (tertiary/aromatic N) is 2. The molecule has 7 heteroatoms. The smallest absolute Gasteiger partial charge is 0.416 e. The molecule has 23 heavy (non-hydrogen) atoms. The first-order valence-electron chi connectivity index (χ1n) is 7.59. The van der Waals surface area contributed by atoms with Crippen molar-refractivity contribution < 1.29 is 22.7 Å². The Labute approximate surface area is 133 Å². The molecule has 2 rings (SSSR count). The minimum absolute atomic E-state index is 0.299. The van der Waals surface area contributed by atoms with E-state index in [-0.39, 0.29) is 5.97 Å². The zero-order valence-corrected chi connectivity index (χ0v) is 13.1. The molecule has 0 aromatic heterocycles. The van der Waals surface area contributed by atoms with Crippen LogP contribution in [-0.4, -0.2) is 55.1 Å². The zero-order valence-electron chi connectivity index (χ0n) is 13.1. The van der Waals surface area contributed by atoms with Gasteiger partial charge in [-0.2, -0.15) is 13.2 Å². The number of piperazine rings is 1. The topological polar surface area (TPSA) is 32.8 Å². The number of hydrogen-bond acceptors (Lipinski definition) is 4. The maximum atomic E-state index is 13.0. The van der Waals surface area contributed by atoms with Crippen LogP contribution in [0.3, 0.4) is 0 Å². The van der Waals surface area contributed by atoms with Crippen LogP contribution >= 0.6 is 0 Å². The quantitative estimate of drug-likeness (QED) is 0.776. The fourth-order valence-electron chi connectivity index (χ4n) is 2.67. The highest BCUT2D eigenvalue weighted by molar-refractivity contribution is 5.65. The van der Waals surface area contributed by atoms with E-state index in [0.29, 0.717) is 38.3 Å². The number of carbonyl (C=O) groups excluding carboxylic acids is 1. The monoisotopic (exact) mass is 330 g/mol. The van der Waals surface area contributed by atoms with E-state index in [1.807, 2.05) is 4.90 Å². The number of ether oxygens (including phenoxy) is 1. The predicted molar refractivity (Wildman–Crippen MR) is 79.8 cm³/mol. The number of esters is 1. The lowest BCUT2D eigenvalue weighted by Crippen LogP contribution is -2.47. The number of rotatable bonds is 5. The average Bonchev–Trinajstić information content (AvgIpc) is 2.48. The van der Waals surface area contributed by atoms with E-state index < -0.39 is 11.7 Å². The molecule has 0 saturated carbocycles. The molecule has 0 bridgehead atoms. The first-order valence-corrected chi connectivity index (χ1v) is 7.59. The van der Waals surface area contributed by atoms with Gasteiger partial charge in [0.2, 0.25) is 0 Å². The summed E-state index contributed by atoms with van der Waals surface area (Å²) >= 11 is 0. The molecule has 1 heterocycles. The van der Waals surface area contributed by atoms with Crippen molar-refractivity contribution in [2.24, 2.45) is 0 Å². The van der Waals surface area contributed by atoms with E-state index in [0.717, 1.165) is 19.2 Å². The van der Waals surface area contributed by atoms with Crippen LogP contribution in [0.25, 0.3) is 0 Å². The molecule has 1 aromatic carbocycles. The van der Waals surface area contributed by atoms with Crippen molar-refractivity contribution in [3.05, 3.63) is 35.4 Å². The van der Waals surface area contributed by atoms with Gasteiger partial charge in [0.1, 0.15) is 6.61 Å². The van der Waals surface area contributed by atoms with E-state index in [1.165, 1.54) is 19.1 Å². The first kappa shape index (κ1) is 17.7. The summed E-state index contributed by atoms with van der Waals surface area (Å²) in [5.74, 6) is -0.299. The summed E-state index contributed by atoms with van der Waals surface area (Å²) in [6, 6.07) is 5.72. The van der Waals surface area contributed by atoms with E-state index in [1.54, 1.807) is 6.07 Å². The molecule has 0 amide bonds. The van der Waals surface area contributed by atoms with E-state index in [4.69, 9.17) is 4.74 Å². The van der Waals surface area contributed by atoms with Gasteiger partial charge in [0.05, 0.1) is 5.56 Å². The lowest BCUT2D eigenvalue weighted by atomic mass is 10.1. The minimum Gasteiger partial charge on any atom is -0.465 e. The van der Waals surface area contributed by atoms with Crippen molar-refractivity contribution in [1.82, 2.24) is 9.80 Å². The number of hydrogen-bond donors (Lipinski definition) is 0. The third-order valence-electron chi connectivity index (χ3n) is 3.89. The minimum atomic E-state index is -4.32. The fraction of sp³-hybridized carbons (Fsp3) is 0.562. The Bertz CT molecular complexity index is 526. The lowest BCUT2D eigenvalue weighted by molar-refractivity contribution is -0.141. The van der Waals surface area contributed by atoms with Crippen molar-refractivity contribution in [3.8, 4) is 0 Å². The van der Waals surface area contributed by atoms with Crippen molar-refractivity contribution in [3.63, 3.8) is 0 Å². The molecule has 4 nitrogen and oxygen atoms in total. The Morgan fingerprint density at radius 2 is 1.74 bits per heavy atom. The molecule has 128 valence electrons. The summed E-state index contributed by atoms with van der Waals surface area (Å²) in [6.07, 6.45) is -4.32. The highest BCUT2D eigenvalue weighted by Gasteiger charge is 2.33. The van der Waals surface area contributed by atoms with Crippen LogP contribution in [0.1, 0.15) is 18.1 Å². The van der Waals surface area contributed by atoms with Gasteiger partial charge in [-0.25, -0.2) is 0 Å². The fourth-order valence-corrected chi connectivity index (χ4v) is 2.67. The van der Waals surface area contributed by atoms with Gasteiger partial charge in [0.15, 0.2) is 0 Å². The summed E-state index contributed by atoms with van der Waals surface area (Å²) in [4.78, 5) is 14.9. The second kappa shape index (κ2) is 7.79. The molecule has 1 aliphatic rings. The summed E-state index contributed by atoms with van der Waals surface area (Å²) < 4.78 is 43.9. The summed E-state index contributed by atoms with van der Waals surface area (Å²) in [5, 5.41) is 0. The average molecular weight is 330 g/mol. The molecule has 1 saturated heterocycles. The van der Waals surface area contributed by atoms with Crippen LogP contribution in [0.5, 0.6) is 0 Å². The van der Waals surface area contributed by atoms with Gasteiger partial charge in [-0.1, -0.05) is 18.2 Å². The Hall–Kier alpha value is -1.60. The van der Waals surface area contributed by atoms with Gasteiger partial charge in [-0.15, -0.1) is 0 Å². The van der Waals surface area contributed by atoms with Crippen LogP contribution in [0.4, 0.5) is 13.2 Å².